The molecule has 2 aromatic heterocycles. The van der Waals surface area contributed by atoms with E-state index in [0.717, 1.165) is 24.3 Å². The van der Waals surface area contributed by atoms with E-state index in [1.165, 1.54) is 0 Å². The van der Waals surface area contributed by atoms with Crippen LogP contribution in [0, 0.1) is 5.92 Å². The van der Waals surface area contributed by atoms with E-state index in [9.17, 15) is 4.79 Å². The van der Waals surface area contributed by atoms with Gasteiger partial charge in [-0.15, -0.1) is 0 Å². The lowest BCUT2D eigenvalue weighted by Crippen LogP contribution is -2.35. The van der Waals surface area contributed by atoms with Crippen LogP contribution < -0.4 is 4.90 Å². The predicted octanol–water partition coefficient (Wildman–Crippen LogP) is 3.02. The molecule has 0 radical (unpaired) electrons. The Morgan fingerprint density at radius 1 is 1.32 bits per heavy atom. The van der Waals surface area contributed by atoms with Crippen molar-refractivity contribution in [1.82, 2.24) is 9.38 Å². The molecule has 0 saturated heterocycles. The average molecular weight is 259 g/mol. The van der Waals surface area contributed by atoms with Gasteiger partial charge in [0.25, 0.3) is 0 Å². The van der Waals surface area contributed by atoms with Crippen LogP contribution in [0.5, 0.6) is 0 Å². The Bertz CT molecular complexity index is 572. The normalized spacial score (nSPS) is 11.5. The van der Waals surface area contributed by atoms with E-state index in [4.69, 9.17) is 0 Å². The lowest BCUT2D eigenvalue weighted by atomic mass is 10.1. The molecule has 0 fully saturated rings. The van der Waals surface area contributed by atoms with Crippen LogP contribution in [0.3, 0.4) is 0 Å². The fourth-order valence-electron chi connectivity index (χ4n) is 2.26. The van der Waals surface area contributed by atoms with Crippen LogP contribution >= 0.6 is 0 Å². The summed E-state index contributed by atoms with van der Waals surface area (Å²) in [5.41, 5.74) is 1.44. The standard InChI is InChI=1S/C15H21N3O/c1-11(2)9-18(12(3)4)15-13(10-19)17-8-6-5-7-14(17)16-15/h5-8,10-12H,9H2,1-4H3. The molecular formula is C15H21N3O. The SMILES string of the molecule is CC(C)CN(c1nc2ccccn2c1C=O)C(C)C. The number of imidazole rings is 1. The van der Waals surface area contributed by atoms with Crippen molar-refractivity contribution in [2.45, 2.75) is 33.7 Å². The van der Waals surface area contributed by atoms with Crippen molar-refractivity contribution in [3.8, 4) is 0 Å². The fraction of sp³-hybridized carbons (Fsp3) is 0.467. The Hall–Kier alpha value is -1.84. The highest BCUT2D eigenvalue weighted by molar-refractivity contribution is 5.83. The summed E-state index contributed by atoms with van der Waals surface area (Å²) in [4.78, 5) is 18.2. The van der Waals surface area contributed by atoms with Gasteiger partial charge < -0.3 is 4.90 Å². The number of aromatic nitrogens is 2. The second-order valence-corrected chi connectivity index (χ2v) is 5.51. The van der Waals surface area contributed by atoms with Gasteiger partial charge >= 0.3 is 0 Å². The van der Waals surface area contributed by atoms with Crippen molar-refractivity contribution in [1.29, 1.82) is 0 Å². The van der Waals surface area contributed by atoms with Gasteiger partial charge in [-0.05, 0) is 31.9 Å². The predicted molar refractivity (Wildman–Crippen MR) is 77.9 cm³/mol. The fourth-order valence-corrected chi connectivity index (χ4v) is 2.26. The quantitative estimate of drug-likeness (QED) is 0.775. The first-order chi connectivity index (χ1) is 9.04. The summed E-state index contributed by atoms with van der Waals surface area (Å²) >= 11 is 0. The summed E-state index contributed by atoms with van der Waals surface area (Å²) in [6, 6.07) is 6.08. The highest BCUT2D eigenvalue weighted by atomic mass is 16.1. The van der Waals surface area contributed by atoms with Gasteiger partial charge in [-0.1, -0.05) is 19.9 Å². The first-order valence-corrected chi connectivity index (χ1v) is 6.73. The van der Waals surface area contributed by atoms with Crippen LogP contribution in [-0.4, -0.2) is 28.3 Å². The minimum Gasteiger partial charge on any atom is -0.352 e. The molecule has 0 bridgehead atoms. The Morgan fingerprint density at radius 2 is 2.05 bits per heavy atom. The number of anilines is 1. The molecule has 0 aromatic carbocycles. The zero-order chi connectivity index (χ0) is 14.0. The van der Waals surface area contributed by atoms with Crippen molar-refractivity contribution >= 4 is 17.8 Å². The van der Waals surface area contributed by atoms with E-state index in [-0.39, 0.29) is 0 Å². The zero-order valence-corrected chi connectivity index (χ0v) is 12.0. The summed E-state index contributed by atoms with van der Waals surface area (Å²) in [5.74, 6) is 1.30. The van der Waals surface area contributed by atoms with Crippen LogP contribution in [0.4, 0.5) is 5.82 Å². The average Bonchev–Trinajstić information content (AvgIpc) is 2.73. The Morgan fingerprint density at radius 3 is 2.63 bits per heavy atom. The number of nitrogens with zero attached hydrogens (tertiary/aromatic N) is 3. The zero-order valence-electron chi connectivity index (χ0n) is 12.0. The number of carbonyl (C=O) groups excluding carboxylic acids is 1. The minimum atomic E-state index is 0.311. The monoisotopic (exact) mass is 259 g/mol. The highest BCUT2D eigenvalue weighted by Crippen LogP contribution is 2.23. The number of aldehydes is 1. The first kappa shape index (κ1) is 13.6. The number of fused-ring (bicyclic) bond motifs is 1. The minimum absolute atomic E-state index is 0.311. The summed E-state index contributed by atoms with van der Waals surface area (Å²) in [6.45, 7) is 9.49. The number of rotatable bonds is 5. The molecule has 4 nitrogen and oxygen atoms in total. The van der Waals surface area contributed by atoms with E-state index >= 15 is 0 Å². The molecule has 0 spiro atoms. The van der Waals surface area contributed by atoms with Gasteiger partial charge in [-0.2, -0.15) is 0 Å². The molecule has 0 N–H and O–H groups in total. The molecule has 0 aliphatic rings. The van der Waals surface area contributed by atoms with Crippen molar-refractivity contribution in [2.75, 3.05) is 11.4 Å². The van der Waals surface area contributed by atoms with Crippen molar-refractivity contribution in [3.05, 3.63) is 30.1 Å². The number of hydrogen-bond donors (Lipinski definition) is 0. The van der Waals surface area contributed by atoms with Crippen LogP contribution in [0.25, 0.3) is 5.65 Å². The summed E-state index contributed by atoms with van der Waals surface area (Å²) in [6.07, 6.45) is 2.77. The molecule has 0 aliphatic carbocycles. The van der Waals surface area contributed by atoms with Crippen LogP contribution in [0.15, 0.2) is 24.4 Å². The molecule has 0 amide bonds. The molecule has 2 aromatic rings. The number of carbonyl (C=O) groups is 1. The van der Waals surface area contributed by atoms with Gasteiger partial charge in [0.05, 0.1) is 0 Å². The van der Waals surface area contributed by atoms with Crippen LogP contribution in [0.2, 0.25) is 0 Å². The van der Waals surface area contributed by atoms with Gasteiger partial charge in [0, 0.05) is 18.8 Å². The molecule has 0 saturated carbocycles. The lowest BCUT2D eigenvalue weighted by molar-refractivity contribution is 0.111. The molecule has 0 unspecified atom stereocenters. The van der Waals surface area contributed by atoms with Gasteiger partial charge in [0.2, 0.25) is 0 Å². The van der Waals surface area contributed by atoms with Crippen molar-refractivity contribution < 1.29 is 4.79 Å². The summed E-state index contributed by atoms with van der Waals surface area (Å²) in [7, 11) is 0. The van der Waals surface area contributed by atoms with Gasteiger partial charge in [0.15, 0.2) is 12.1 Å². The topological polar surface area (TPSA) is 37.6 Å². The highest BCUT2D eigenvalue weighted by Gasteiger charge is 2.20. The van der Waals surface area contributed by atoms with Crippen LogP contribution in [-0.2, 0) is 0 Å². The summed E-state index contributed by atoms with van der Waals surface area (Å²) < 4.78 is 1.85. The van der Waals surface area contributed by atoms with Crippen molar-refractivity contribution in [2.24, 2.45) is 5.92 Å². The molecular weight excluding hydrogens is 238 g/mol. The Kier molecular flexibility index (Phi) is 3.88. The van der Waals surface area contributed by atoms with E-state index in [1.807, 2.05) is 28.8 Å². The third-order valence-corrected chi connectivity index (χ3v) is 3.12. The van der Waals surface area contributed by atoms with Crippen molar-refractivity contribution in [3.63, 3.8) is 0 Å². The molecule has 2 heterocycles. The van der Waals surface area contributed by atoms with E-state index in [0.29, 0.717) is 17.7 Å². The third-order valence-electron chi connectivity index (χ3n) is 3.12. The maximum absolute atomic E-state index is 11.4. The van der Waals surface area contributed by atoms with Gasteiger partial charge in [0.1, 0.15) is 11.3 Å². The lowest BCUT2D eigenvalue weighted by Gasteiger charge is -2.28. The second kappa shape index (κ2) is 5.43. The third kappa shape index (κ3) is 2.62. The molecule has 102 valence electrons. The first-order valence-electron chi connectivity index (χ1n) is 6.73. The molecule has 2 rings (SSSR count). The van der Waals surface area contributed by atoms with Gasteiger partial charge in [-0.3, -0.25) is 9.20 Å². The Balaban J connectivity index is 2.55. The van der Waals surface area contributed by atoms with Crippen LogP contribution in [0.1, 0.15) is 38.2 Å². The molecule has 0 aliphatic heterocycles. The molecule has 19 heavy (non-hydrogen) atoms. The van der Waals surface area contributed by atoms with E-state index in [1.54, 1.807) is 0 Å². The van der Waals surface area contributed by atoms with E-state index in [2.05, 4.69) is 37.6 Å². The number of hydrogen-bond acceptors (Lipinski definition) is 3. The maximum atomic E-state index is 11.4. The Labute approximate surface area is 114 Å². The smallest absolute Gasteiger partial charge is 0.170 e. The maximum Gasteiger partial charge on any atom is 0.170 e. The molecule has 4 heteroatoms. The summed E-state index contributed by atoms with van der Waals surface area (Å²) in [5, 5.41) is 0. The van der Waals surface area contributed by atoms with E-state index < -0.39 is 0 Å². The number of pyridine rings is 1. The van der Waals surface area contributed by atoms with Gasteiger partial charge in [-0.25, -0.2) is 4.98 Å². The largest absolute Gasteiger partial charge is 0.352 e. The second-order valence-electron chi connectivity index (χ2n) is 5.51. The molecule has 0 atom stereocenters.